The van der Waals surface area contributed by atoms with Gasteiger partial charge in [0.2, 0.25) is 11.8 Å². The number of rotatable bonds is 6. The van der Waals surface area contributed by atoms with Gasteiger partial charge < -0.3 is 15.0 Å². The molecule has 24 heavy (non-hydrogen) atoms. The minimum absolute atomic E-state index is 0.0128. The van der Waals surface area contributed by atoms with Crippen LogP contribution in [0, 0.1) is 0 Å². The summed E-state index contributed by atoms with van der Waals surface area (Å²) in [6, 6.07) is 10.2. The molecule has 1 unspecified atom stereocenters. The molecule has 130 valence electrons. The lowest BCUT2D eigenvalue weighted by Gasteiger charge is -2.30. The Hall–Kier alpha value is -1.92. The molecule has 6 heteroatoms. The van der Waals surface area contributed by atoms with Crippen LogP contribution in [0.4, 0.5) is 0 Å². The van der Waals surface area contributed by atoms with E-state index in [1.165, 1.54) is 5.56 Å². The Labute approximate surface area is 142 Å². The largest absolute Gasteiger partial charge is 0.377 e. The number of ether oxygens (including phenoxy) is 1. The minimum atomic E-state index is -0.0802. The Kier molecular flexibility index (Phi) is 5.82. The van der Waals surface area contributed by atoms with Crippen LogP contribution in [0.5, 0.6) is 0 Å². The molecule has 2 amide bonds. The van der Waals surface area contributed by atoms with E-state index >= 15 is 0 Å². The van der Waals surface area contributed by atoms with Crippen molar-refractivity contribution in [3.63, 3.8) is 0 Å². The van der Waals surface area contributed by atoms with Crippen LogP contribution in [-0.4, -0.2) is 67.0 Å². The quantitative estimate of drug-likeness (QED) is 0.830. The number of piperazine rings is 1. The molecule has 2 saturated heterocycles. The van der Waals surface area contributed by atoms with Gasteiger partial charge in [-0.05, 0) is 18.4 Å². The topological polar surface area (TPSA) is 61.9 Å². The van der Waals surface area contributed by atoms with Crippen LogP contribution in [0.15, 0.2) is 30.3 Å². The van der Waals surface area contributed by atoms with E-state index in [9.17, 15) is 9.59 Å². The Balaban J connectivity index is 1.61. The van der Waals surface area contributed by atoms with Crippen molar-refractivity contribution in [2.24, 2.45) is 0 Å². The van der Waals surface area contributed by atoms with E-state index in [0.717, 1.165) is 26.0 Å². The monoisotopic (exact) mass is 331 g/mol. The molecule has 1 N–H and O–H groups in total. The van der Waals surface area contributed by atoms with Crippen LogP contribution in [0.1, 0.15) is 18.4 Å². The Bertz CT molecular complexity index is 558. The zero-order valence-corrected chi connectivity index (χ0v) is 13.9. The van der Waals surface area contributed by atoms with Gasteiger partial charge in [0.15, 0.2) is 0 Å². The number of nitrogens with zero attached hydrogens (tertiary/aromatic N) is 2. The van der Waals surface area contributed by atoms with Gasteiger partial charge in [-0.15, -0.1) is 0 Å². The summed E-state index contributed by atoms with van der Waals surface area (Å²) < 4.78 is 5.73. The molecule has 0 saturated carbocycles. The fraction of sp³-hybridized carbons (Fsp3) is 0.556. The first-order chi connectivity index (χ1) is 11.7. The molecule has 0 aromatic heterocycles. The number of benzene rings is 1. The Morgan fingerprint density at radius 2 is 2.17 bits per heavy atom. The summed E-state index contributed by atoms with van der Waals surface area (Å²) in [4.78, 5) is 27.9. The number of carbonyl (C=O) groups is 2. The SMILES string of the molecule is O=C1CN(C(=O)CN(Cc2ccccc2)CC2CCCO2)CCN1. The number of nitrogens with one attached hydrogen (secondary N) is 1. The van der Waals surface area contributed by atoms with Gasteiger partial charge in [-0.1, -0.05) is 30.3 Å². The molecular formula is C18H25N3O3. The van der Waals surface area contributed by atoms with Crippen LogP contribution in [-0.2, 0) is 20.9 Å². The molecule has 0 bridgehead atoms. The van der Waals surface area contributed by atoms with E-state index in [-0.39, 0.29) is 24.5 Å². The summed E-state index contributed by atoms with van der Waals surface area (Å²) in [5.41, 5.74) is 1.18. The lowest BCUT2D eigenvalue weighted by Crippen LogP contribution is -2.52. The molecule has 1 atom stereocenters. The lowest BCUT2D eigenvalue weighted by molar-refractivity contribution is -0.139. The van der Waals surface area contributed by atoms with E-state index in [1.807, 2.05) is 18.2 Å². The minimum Gasteiger partial charge on any atom is -0.377 e. The molecule has 0 aliphatic carbocycles. The van der Waals surface area contributed by atoms with E-state index in [2.05, 4.69) is 22.3 Å². The molecule has 6 nitrogen and oxygen atoms in total. The summed E-state index contributed by atoms with van der Waals surface area (Å²) >= 11 is 0. The first kappa shape index (κ1) is 16.9. The highest BCUT2D eigenvalue weighted by atomic mass is 16.5. The normalized spacial score (nSPS) is 21.1. The van der Waals surface area contributed by atoms with Crippen molar-refractivity contribution < 1.29 is 14.3 Å². The third-order valence-electron chi connectivity index (χ3n) is 4.48. The highest BCUT2D eigenvalue weighted by Crippen LogP contribution is 2.15. The van der Waals surface area contributed by atoms with Gasteiger partial charge in [-0.25, -0.2) is 0 Å². The van der Waals surface area contributed by atoms with Crippen molar-refractivity contribution in [2.75, 3.05) is 39.3 Å². The van der Waals surface area contributed by atoms with Crippen LogP contribution < -0.4 is 5.32 Å². The van der Waals surface area contributed by atoms with Crippen molar-refractivity contribution in [2.45, 2.75) is 25.5 Å². The lowest BCUT2D eigenvalue weighted by atomic mass is 10.1. The average Bonchev–Trinajstić information content (AvgIpc) is 3.08. The van der Waals surface area contributed by atoms with Crippen molar-refractivity contribution in [3.05, 3.63) is 35.9 Å². The first-order valence-electron chi connectivity index (χ1n) is 8.63. The van der Waals surface area contributed by atoms with Crippen molar-refractivity contribution >= 4 is 11.8 Å². The van der Waals surface area contributed by atoms with Crippen molar-refractivity contribution in [1.82, 2.24) is 15.1 Å². The molecule has 2 aliphatic heterocycles. The van der Waals surface area contributed by atoms with Gasteiger partial charge in [0.1, 0.15) is 0 Å². The maximum absolute atomic E-state index is 12.6. The molecule has 1 aromatic rings. The molecule has 3 rings (SSSR count). The molecule has 1 aromatic carbocycles. The fourth-order valence-corrected chi connectivity index (χ4v) is 3.25. The second kappa shape index (κ2) is 8.26. The molecule has 2 fully saturated rings. The zero-order chi connectivity index (χ0) is 16.8. The van der Waals surface area contributed by atoms with E-state index in [4.69, 9.17) is 4.74 Å². The van der Waals surface area contributed by atoms with E-state index in [0.29, 0.717) is 26.2 Å². The summed E-state index contributed by atoms with van der Waals surface area (Å²) in [5, 5.41) is 2.75. The second-order valence-electron chi connectivity index (χ2n) is 6.46. The third-order valence-corrected chi connectivity index (χ3v) is 4.48. The van der Waals surface area contributed by atoms with Crippen LogP contribution in [0.25, 0.3) is 0 Å². The Morgan fingerprint density at radius 1 is 1.33 bits per heavy atom. The van der Waals surface area contributed by atoms with Crippen LogP contribution in [0.3, 0.4) is 0 Å². The van der Waals surface area contributed by atoms with Gasteiger partial charge in [0.25, 0.3) is 0 Å². The zero-order valence-electron chi connectivity index (χ0n) is 13.9. The predicted molar refractivity (Wildman–Crippen MR) is 90.3 cm³/mol. The number of carbonyl (C=O) groups excluding carboxylic acids is 2. The standard InChI is InChI=1S/C18H25N3O3/c22-17-13-21(9-8-19-17)18(23)14-20(12-16-7-4-10-24-16)11-15-5-2-1-3-6-15/h1-3,5-6,16H,4,7-14H2,(H,19,22). The number of amides is 2. The van der Waals surface area contributed by atoms with Gasteiger partial charge in [-0.3, -0.25) is 14.5 Å². The fourth-order valence-electron chi connectivity index (χ4n) is 3.25. The Morgan fingerprint density at radius 3 is 2.88 bits per heavy atom. The molecule has 2 heterocycles. The highest BCUT2D eigenvalue weighted by Gasteiger charge is 2.25. The number of hydrogen-bond donors (Lipinski definition) is 1. The molecule has 2 aliphatic rings. The van der Waals surface area contributed by atoms with Crippen molar-refractivity contribution in [3.8, 4) is 0 Å². The van der Waals surface area contributed by atoms with Crippen molar-refractivity contribution in [1.29, 1.82) is 0 Å². The molecular weight excluding hydrogens is 306 g/mol. The smallest absolute Gasteiger partial charge is 0.239 e. The van der Waals surface area contributed by atoms with E-state index in [1.54, 1.807) is 4.90 Å². The summed E-state index contributed by atoms with van der Waals surface area (Å²) in [6.07, 6.45) is 2.33. The first-order valence-corrected chi connectivity index (χ1v) is 8.63. The molecule has 0 spiro atoms. The predicted octanol–water partition coefficient (Wildman–Crippen LogP) is 0.626. The second-order valence-corrected chi connectivity index (χ2v) is 6.46. The number of hydrogen-bond acceptors (Lipinski definition) is 4. The average molecular weight is 331 g/mol. The van der Waals surface area contributed by atoms with Gasteiger partial charge in [-0.2, -0.15) is 0 Å². The van der Waals surface area contributed by atoms with Crippen LogP contribution in [0.2, 0.25) is 0 Å². The summed E-state index contributed by atoms with van der Waals surface area (Å²) in [7, 11) is 0. The van der Waals surface area contributed by atoms with Gasteiger partial charge in [0, 0.05) is 32.8 Å². The highest BCUT2D eigenvalue weighted by molar-refractivity contribution is 5.86. The maximum Gasteiger partial charge on any atom is 0.239 e. The third kappa shape index (κ3) is 4.79. The van der Waals surface area contributed by atoms with E-state index < -0.39 is 0 Å². The maximum atomic E-state index is 12.6. The van der Waals surface area contributed by atoms with Gasteiger partial charge in [0.05, 0.1) is 19.2 Å². The van der Waals surface area contributed by atoms with Gasteiger partial charge >= 0.3 is 0 Å². The summed E-state index contributed by atoms with van der Waals surface area (Å²) in [6.45, 7) is 3.88. The summed E-state index contributed by atoms with van der Waals surface area (Å²) in [5.74, 6) is -0.0675. The van der Waals surface area contributed by atoms with Crippen LogP contribution >= 0.6 is 0 Å². The molecule has 0 radical (unpaired) electrons.